The van der Waals surface area contributed by atoms with E-state index in [9.17, 15) is 45.5 Å². The molecule has 8 rings (SSSR count). The van der Waals surface area contributed by atoms with Crippen LogP contribution in [0.3, 0.4) is 0 Å². The van der Waals surface area contributed by atoms with Crippen molar-refractivity contribution in [2.45, 2.75) is 179 Å². The first-order chi connectivity index (χ1) is 39.3. The van der Waals surface area contributed by atoms with Gasteiger partial charge in [0.1, 0.15) is 22.8 Å². The quantitative estimate of drug-likeness (QED) is 0.0578. The maximum absolute atomic E-state index is 13.9. The Morgan fingerprint density at radius 1 is 0.571 bits per heavy atom. The second-order valence-corrected chi connectivity index (χ2v) is 24.8. The zero-order valence-corrected chi connectivity index (χ0v) is 50.4. The van der Waals surface area contributed by atoms with Gasteiger partial charge in [0, 0.05) is 96.3 Å². The van der Waals surface area contributed by atoms with Gasteiger partial charge in [-0.15, -0.1) is 0 Å². The average Bonchev–Trinajstić information content (AvgIpc) is 2.58. The number of hydrogen-bond acceptors (Lipinski definition) is 14. The number of carbonyl (C=O) groups excluding carboxylic acids is 4. The molecule has 0 unspecified atom stereocenters. The van der Waals surface area contributed by atoms with Gasteiger partial charge in [-0.2, -0.15) is 36.3 Å². The molecule has 4 atom stereocenters. The van der Waals surface area contributed by atoms with E-state index in [2.05, 4.69) is 103 Å². The van der Waals surface area contributed by atoms with E-state index in [4.69, 9.17) is 0 Å². The third-order valence-electron chi connectivity index (χ3n) is 16.9. The highest BCUT2D eigenvalue weighted by atomic mass is 19.4. The molecule has 2 saturated heterocycles. The Morgan fingerprint density at radius 2 is 0.940 bits per heavy atom. The van der Waals surface area contributed by atoms with Crippen LogP contribution in [0.4, 0.5) is 61.2 Å². The van der Waals surface area contributed by atoms with Crippen molar-refractivity contribution in [3.05, 3.63) is 83.2 Å². The number of carbonyl (C=O) groups is 4. The minimum Gasteiger partial charge on any atom is -0.366 e. The number of benzene rings is 2. The van der Waals surface area contributed by atoms with Crippen molar-refractivity contribution >= 4 is 58.5 Å². The fourth-order valence-electron chi connectivity index (χ4n) is 11.9. The number of hydrogen-bond donors (Lipinski definition) is 6. The number of alkyl halides is 6. The Balaban J connectivity index is 0.000000242. The van der Waals surface area contributed by atoms with Gasteiger partial charge in [0.25, 0.3) is 11.8 Å². The largest absolute Gasteiger partial charge is 0.421 e. The Hall–Kier alpha value is -6.82. The lowest BCUT2D eigenvalue weighted by Crippen LogP contribution is -2.62. The topological polar surface area (TPSA) is 205 Å². The SMILES string of the molecule is CC(C)NC(=O)[C@H]1CCC[C@H]1Nc1nc(Nc2ccc(C(=O)N(C)C3CC(C)(C)N(C)C(C)(C)C3)cc2)ncc1C(F)(F)F.CC(C)NC(=O)[C@H]1CCC[C@H]1Nc1nc(Nc2ccc(C(=O)N(C)C3CCN(C)CC3)cc2)ncc1C(F)(F)F. The number of amides is 4. The zero-order valence-electron chi connectivity index (χ0n) is 50.4. The van der Waals surface area contributed by atoms with E-state index in [0.29, 0.717) is 48.2 Å². The molecule has 4 aliphatic rings. The molecule has 24 heteroatoms. The van der Waals surface area contributed by atoms with E-state index in [-0.39, 0.29) is 82.4 Å². The predicted octanol–water partition coefficient (Wildman–Crippen LogP) is 10.6. The molecule has 0 bridgehead atoms. The van der Waals surface area contributed by atoms with Crippen molar-refractivity contribution in [2.75, 3.05) is 62.5 Å². The van der Waals surface area contributed by atoms with Gasteiger partial charge in [-0.25, -0.2) is 9.97 Å². The van der Waals surface area contributed by atoms with Crippen LogP contribution in [-0.4, -0.2) is 152 Å². The highest BCUT2D eigenvalue weighted by molar-refractivity contribution is 5.95. The normalized spacial score (nSPS) is 21.3. The minimum absolute atomic E-state index is 0.0285. The summed E-state index contributed by atoms with van der Waals surface area (Å²) in [6, 6.07) is 12.6. The van der Waals surface area contributed by atoms with Gasteiger partial charge in [0.05, 0.1) is 11.8 Å². The van der Waals surface area contributed by atoms with E-state index in [1.807, 2.05) is 46.7 Å². The van der Waals surface area contributed by atoms with Crippen LogP contribution in [0, 0.1) is 11.8 Å². The second kappa shape index (κ2) is 26.6. The molecule has 6 N–H and O–H groups in total. The molecule has 2 aliphatic heterocycles. The van der Waals surface area contributed by atoms with E-state index in [1.165, 1.54) is 0 Å². The van der Waals surface area contributed by atoms with Crippen LogP contribution in [0.15, 0.2) is 60.9 Å². The summed E-state index contributed by atoms with van der Waals surface area (Å²) in [5.74, 6) is -2.25. The lowest BCUT2D eigenvalue weighted by Gasteiger charge is -2.55. The molecule has 4 fully saturated rings. The number of nitrogens with zero attached hydrogens (tertiary/aromatic N) is 8. The summed E-state index contributed by atoms with van der Waals surface area (Å²) in [5.41, 5.74) is -0.0456. The average molecular weight is 1180 g/mol. The lowest BCUT2D eigenvalue weighted by molar-refractivity contribution is -0.138. The van der Waals surface area contributed by atoms with E-state index < -0.39 is 47.4 Å². The predicted molar refractivity (Wildman–Crippen MR) is 313 cm³/mol. The van der Waals surface area contributed by atoms with Crippen LogP contribution < -0.4 is 31.9 Å². The summed E-state index contributed by atoms with van der Waals surface area (Å²) in [6.45, 7) is 18.0. The standard InChI is InChI=1S/C32H46F3N7O2.C28H38F3N7O2/c1-19(2)37-27(43)23-10-9-11-25(23)39-26-24(32(33,34)35)18-36-29(40-26)38-21-14-12-20(13-15-21)28(44)41(7)22-16-30(3,4)42(8)31(5,6)17-22;1-17(2)33-25(39)21-6-5-7-23(21)35-24-22(28(29,30)31)16-32-27(36-24)34-19-10-8-18(9-11-19)26(40)38(4)20-12-14-37(3)15-13-20/h12-15,18-19,22-23,25H,9-11,16-17H2,1-8H3,(H,37,43)(H2,36,38,39,40);8-11,16-17,20-21,23H,5-7,12-15H2,1-4H3,(H,33,39)(H2,32,34,35,36)/t23-,25+;21-,23+/m00/s1. The molecule has 2 aromatic carbocycles. The Morgan fingerprint density at radius 3 is 1.30 bits per heavy atom. The molecule has 2 aromatic heterocycles. The van der Waals surface area contributed by atoms with E-state index in [0.717, 1.165) is 64.0 Å². The van der Waals surface area contributed by atoms with Crippen molar-refractivity contribution in [3.63, 3.8) is 0 Å². The monoisotopic (exact) mass is 1180 g/mol. The third-order valence-corrected chi connectivity index (χ3v) is 16.9. The highest BCUT2D eigenvalue weighted by Crippen LogP contribution is 2.41. The molecule has 0 spiro atoms. The smallest absolute Gasteiger partial charge is 0.366 e. The van der Waals surface area contributed by atoms with Crippen LogP contribution in [0.25, 0.3) is 0 Å². The number of nitrogens with one attached hydrogen (secondary N) is 6. The van der Waals surface area contributed by atoms with E-state index in [1.54, 1.807) is 53.4 Å². The molecular formula is C60H84F6N14O4. The van der Waals surface area contributed by atoms with Gasteiger partial charge in [-0.05, 0) is 182 Å². The van der Waals surface area contributed by atoms with Crippen LogP contribution in [-0.2, 0) is 21.9 Å². The molecule has 2 aliphatic carbocycles. The molecule has 460 valence electrons. The van der Waals surface area contributed by atoms with Crippen molar-refractivity contribution in [1.29, 1.82) is 0 Å². The first kappa shape index (κ1) is 64.7. The van der Waals surface area contributed by atoms with Crippen molar-refractivity contribution in [2.24, 2.45) is 11.8 Å². The molecule has 4 aromatic rings. The maximum Gasteiger partial charge on any atom is 0.421 e. The Bertz CT molecular complexity index is 2900. The Kier molecular flexibility index (Phi) is 20.5. The van der Waals surface area contributed by atoms with Crippen LogP contribution in [0.1, 0.15) is 151 Å². The van der Waals surface area contributed by atoms with Crippen LogP contribution >= 0.6 is 0 Å². The fraction of sp³-hybridized carbons (Fsp3) is 0.600. The first-order valence-corrected chi connectivity index (χ1v) is 29.0. The summed E-state index contributed by atoms with van der Waals surface area (Å²) in [5, 5.41) is 17.4. The summed E-state index contributed by atoms with van der Waals surface area (Å²) in [4.78, 5) is 76.0. The number of rotatable bonds is 16. The van der Waals surface area contributed by atoms with Gasteiger partial charge in [-0.1, -0.05) is 12.8 Å². The first-order valence-electron chi connectivity index (χ1n) is 29.0. The lowest BCUT2D eigenvalue weighted by atomic mass is 9.77. The van der Waals surface area contributed by atoms with Crippen LogP contribution in [0.2, 0.25) is 0 Å². The number of halogens is 6. The Labute approximate surface area is 489 Å². The summed E-state index contributed by atoms with van der Waals surface area (Å²) >= 11 is 0. The summed E-state index contributed by atoms with van der Waals surface area (Å²) in [7, 11) is 7.85. The van der Waals surface area contributed by atoms with Gasteiger partial charge >= 0.3 is 12.4 Å². The molecule has 84 heavy (non-hydrogen) atoms. The van der Waals surface area contributed by atoms with Gasteiger partial charge in [0.15, 0.2) is 0 Å². The van der Waals surface area contributed by atoms with Crippen molar-refractivity contribution in [1.82, 2.24) is 50.2 Å². The minimum atomic E-state index is -4.68. The number of likely N-dealkylation sites (tertiary alicyclic amines) is 2. The summed E-state index contributed by atoms with van der Waals surface area (Å²) < 4.78 is 83.0. The highest BCUT2D eigenvalue weighted by Gasteiger charge is 2.46. The van der Waals surface area contributed by atoms with Gasteiger partial charge in [0.2, 0.25) is 23.7 Å². The maximum atomic E-state index is 13.9. The molecular weight excluding hydrogens is 1090 g/mol. The molecule has 4 heterocycles. The van der Waals surface area contributed by atoms with Crippen molar-refractivity contribution in [3.8, 4) is 0 Å². The number of anilines is 6. The second-order valence-electron chi connectivity index (χ2n) is 24.8. The molecule has 4 amide bonds. The van der Waals surface area contributed by atoms with Crippen molar-refractivity contribution < 1.29 is 45.5 Å². The fourth-order valence-corrected chi connectivity index (χ4v) is 11.9. The number of piperidine rings is 2. The zero-order chi connectivity index (χ0) is 61.6. The van der Waals surface area contributed by atoms with E-state index >= 15 is 0 Å². The van der Waals surface area contributed by atoms with Crippen LogP contribution in [0.5, 0.6) is 0 Å². The molecule has 18 nitrogen and oxygen atoms in total. The van der Waals surface area contributed by atoms with Gasteiger partial charge < -0.3 is 46.6 Å². The molecule has 2 saturated carbocycles. The molecule has 0 radical (unpaired) electrons. The van der Waals surface area contributed by atoms with Gasteiger partial charge in [-0.3, -0.25) is 24.1 Å². The number of aromatic nitrogens is 4. The third kappa shape index (κ3) is 16.3. The summed E-state index contributed by atoms with van der Waals surface area (Å²) in [6.07, 6.45) is -0.598.